The average molecular weight is 185 g/mol. The molecule has 0 radical (unpaired) electrons. The SMILES string of the molecule is CC1=C(C)N2c3ccccc3CC2C1. The van der Waals surface area contributed by atoms with Gasteiger partial charge in [-0.2, -0.15) is 0 Å². The molecular formula is C13H15N. The second-order valence-electron chi connectivity index (χ2n) is 4.43. The first-order chi connectivity index (χ1) is 6.77. The van der Waals surface area contributed by atoms with Crippen LogP contribution in [0.4, 0.5) is 5.69 Å². The minimum atomic E-state index is 0.715. The predicted octanol–water partition coefficient (Wildman–Crippen LogP) is 3.12. The Balaban J connectivity index is 2.13. The number of allylic oxidation sites excluding steroid dienone is 1. The number of nitrogens with zero attached hydrogens (tertiary/aromatic N) is 1. The molecule has 3 rings (SSSR count). The van der Waals surface area contributed by atoms with Gasteiger partial charge in [-0.3, -0.25) is 0 Å². The van der Waals surface area contributed by atoms with Crippen molar-refractivity contribution in [2.24, 2.45) is 0 Å². The van der Waals surface area contributed by atoms with Crippen LogP contribution in [0, 0.1) is 0 Å². The van der Waals surface area contributed by atoms with Crippen LogP contribution in [0.3, 0.4) is 0 Å². The summed E-state index contributed by atoms with van der Waals surface area (Å²) >= 11 is 0. The van der Waals surface area contributed by atoms with E-state index in [0.29, 0.717) is 6.04 Å². The third-order valence-electron chi connectivity index (χ3n) is 3.59. The van der Waals surface area contributed by atoms with Gasteiger partial charge in [0.1, 0.15) is 0 Å². The van der Waals surface area contributed by atoms with Gasteiger partial charge in [-0.15, -0.1) is 0 Å². The molecule has 2 aliphatic rings. The third-order valence-corrected chi connectivity index (χ3v) is 3.59. The Morgan fingerprint density at radius 2 is 1.93 bits per heavy atom. The molecule has 1 atom stereocenters. The van der Waals surface area contributed by atoms with Crippen molar-refractivity contribution in [3.63, 3.8) is 0 Å². The van der Waals surface area contributed by atoms with Gasteiger partial charge in [-0.1, -0.05) is 23.8 Å². The maximum atomic E-state index is 2.52. The van der Waals surface area contributed by atoms with Gasteiger partial charge in [0.15, 0.2) is 0 Å². The van der Waals surface area contributed by atoms with Crippen LogP contribution in [-0.2, 0) is 6.42 Å². The van der Waals surface area contributed by atoms with E-state index >= 15 is 0 Å². The molecule has 2 heterocycles. The van der Waals surface area contributed by atoms with Crippen LogP contribution in [0.2, 0.25) is 0 Å². The summed E-state index contributed by atoms with van der Waals surface area (Å²) in [5, 5.41) is 0. The van der Waals surface area contributed by atoms with Crippen molar-refractivity contribution in [3.8, 4) is 0 Å². The summed E-state index contributed by atoms with van der Waals surface area (Å²) in [4.78, 5) is 2.52. The molecule has 1 aromatic carbocycles. The van der Waals surface area contributed by atoms with E-state index in [1.165, 1.54) is 29.8 Å². The molecule has 72 valence electrons. The topological polar surface area (TPSA) is 3.24 Å². The number of hydrogen-bond acceptors (Lipinski definition) is 1. The lowest BCUT2D eigenvalue weighted by Gasteiger charge is -2.21. The molecular weight excluding hydrogens is 170 g/mol. The standard InChI is InChI=1S/C13H15N/c1-9-7-12-8-11-5-3-4-6-13(11)14(12)10(9)2/h3-6,12H,7-8H2,1-2H3. The highest BCUT2D eigenvalue weighted by atomic mass is 15.2. The molecule has 0 saturated carbocycles. The van der Waals surface area contributed by atoms with Crippen molar-refractivity contribution in [2.75, 3.05) is 4.90 Å². The van der Waals surface area contributed by atoms with E-state index in [0.717, 1.165) is 0 Å². The molecule has 1 heteroatoms. The zero-order valence-electron chi connectivity index (χ0n) is 8.75. The van der Waals surface area contributed by atoms with Gasteiger partial charge in [0.05, 0.1) is 0 Å². The molecule has 0 N–H and O–H groups in total. The fourth-order valence-electron chi connectivity index (χ4n) is 2.79. The van der Waals surface area contributed by atoms with Crippen LogP contribution >= 0.6 is 0 Å². The van der Waals surface area contributed by atoms with Crippen molar-refractivity contribution in [2.45, 2.75) is 32.7 Å². The lowest BCUT2D eigenvalue weighted by molar-refractivity contribution is 0.709. The quantitative estimate of drug-likeness (QED) is 0.600. The summed E-state index contributed by atoms with van der Waals surface area (Å²) in [6.07, 6.45) is 2.48. The molecule has 2 aliphatic heterocycles. The highest BCUT2D eigenvalue weighted by molar-refractivity contribution is 5.65. The molecule has 0 aromatic heterocycles. The number of para-hydroxylation sites is 1. The summed E-state index contributed by atoms with van der Waals surface area (Å²) < 4.78 is 0. The van der Waals surface area contributed by atoms with Crippen molar-refractivity contribution in [1.29, 1.82) is 0 Å². The molecule has 1 nitrogen and oxygen atoms in total. The molecule has 1 aromatic rings. The molecule has 0 aliphatic carbocycles. The molecule has 0 saturated heterocycles. The van der Waals surface area contributed by atoms with Gasteiger partial charge in [0.25, 0.3) is 0 Å². The van der Waals surface area contributed by atoms with Gasteiger partial charge >= 0.3 is 0 Å². The fraction of sp³-hybridized carbons (Fsp3) is 0.385. The van der Waals surface area contributed by atoms with Crippen LogP contribution in [0.15, 0.2) is 35.5 Å². The average Bonchev–Trinajstić information content (AvgIpc) is 2.65. The Morgan fingerprint density at radius 1 is 1.14 bits per heavy atom. The Morgan fingerprint density at radius 3 is 2.79 bits per heavy atom. The minimum absolute atomic E-state index is 0.715. The molecule has 0 spiro atoms. The van der Waals surface area contributed by atoms with Crippen molar-refractivity contribution >= 4 is 5.69 Å². The Labute approximate surface area is 85.0 Å². The first-order valence-electron chi connectivity index (χ1n) is 5.31. The maximum absolute atomic E-state index is 2.52. The Bertz CT molecular complexity index is 417. The van der Waals surface area contributed by atoms with E-state index in [1.54, 1.807) is 5.57 Å². The molecule has 0 bridgehead atoms. The van der Waals surface area contributed by atoms with Crippen LogP contribution in [-0.4, -0.2) is 6.04 Å². The third kappa shape index (κ3) is 0.899. The van der Waals surface area contributed by atoms with Gasteiger partial charge in [0.2, 0.25) is 0 Å². The predicted molar refractivity (Wildman–Crippen MR) is 59.4 cm³/mol. The number of rotatable bonds is 0. The fourth-order valence-corrected chi connectivity index (χ4v) is 2.79. The Kier molecular flexibility index (Phi) is 1.52. The normalized spacial score (nSPS) is 24.1. The van der Waals surface area contributed by atoms with Gasteiger partial charge in [-0.25, -0.2) is 0 Å². The Hall–Kier alpha value is -1.24. The summed E-state index contributed by atoms with van der Waals surface area (Å²) in [6.45, 7) is 4.51. The van der Waals surface area contributed by atoms with Crippen LogP contribution in [0.5, 0.6) is 0 Å². The smallest absolute Gasteiger partial charge is 0.0444 e. The lowest BCUT2D eigenvalue weighted by atomic mass is 10.1. The summed E-state index contributed by atoms with van der Waals surface area (Å²) in [5.74, 6) is 0. The van der Waals surface area contributed by atoms with Gasteiger partial charge in [0, 0.05) is 17.4 Å². The maximum Gasteiger partial charge on any atom is 0.0444 e. The highest BCUT2D eigenvalue weighted by Gasteiger charge is 2.34. The van der Waals surface area contributed by atoms with E-state index in [-0.39, 0.29) is 0 Å². The molecule has 1 unspecified atom stereocenters. The number of fused-ring (bicyclic) bond motifs is 3. The van der Waals surface area contributed by atoms with Crippen LogP contribution < -0.4 is 4.90 Å². The number of benzene rings is 1. The van der Waals surface area contributed by atoms with Crippen LogP contribution in [0.25, 0.3) is 0 Å². The highest BCUT2D eigenvalue weighted by Crippen LogP contribution is 2.42. The molecule has 14 heavy (non-hydrogen) atoms. The zero-order valence-corrected chi connectivity index (χ0v) is 8.75. The summed E-state index contributed by atoms with van der Waals surface area (Å²) in [6, 6.07) is 9.51. The largest absolute Gasteiger partial charge is 0.342 e. The van der Waals surface area contributed by atoms with E-state index < -0.39 is 0 Å². The van der Waals surface area contributed by atoms with E-state index in [1.807, 2.05) is 0 Å². The second-order valence-corrected chi connectivity index (χ2v) is 4.43. The van der Waals surface area contributed by atoms with E-state index in [4.69, 9.17) is 0 Å². The van der Waals surface area contributed by atoms with Crippen molar-refractivity contribution in [1.82, 2.24) is 0 Å². The van der Waals surface area contributed by atoms with E-state index in [9.17, 15) is 0 Å². The first kappa shape index (κ1) is 8.10. The monoisotopic (exact) mass is 185 g/mol. The van der Waals surface area contributed by atoms with Crippen molar-refractivity contribution < 1.29 is 0 Å². The first-order valence-corrected chi connectivity index (χ1v) is 5.31. The molecule has 0 amide bonds. The molecule has 0 fully saturated rings. The zero-order chi connectivity index (χ0) is 9.71. The summed E-state index contributed by atoms with van der Waals surface area (Å²) in [7, 11) is 0. The van der Waals surface area contributed by atoms with Crippen molar-refractivity contribution in [3.05, 3.63) is 41.1 Å². The van der Waals surface area contributed by atoms with Gasteiger partial charge in [-0.05, 0) is 38.3 Å². The van der Waals surface area contributed by atoms with Gasteiger partial charge < -0.3 is 4.90 Å². The van der Waals surface area contributed by atoms with Crippen LogP contribution in [0.1, 0.15) is 25.8 Å². The minimum Gasteiger partial charge on any atom is -0.342 e. The second kappa shape index (κ2) is 2.63. The van der Waals surface area contributed by atoms with E-state index in [2.05, 4.69) is 43.0 Å². The number of anilines is 1. The lowest BCUT2D eigenvalue weighted by Crippen LogP contribution is -2.24. The summed E-state index contributed by atoms with van der Waals surface area (Å²) in [5.41, 5.74) is 5.99. The number of hydrogen-bond donors (Lipinski definition) is 0.